The molecule has 1 N–H and O–H groups in total. The molecule has 1 fully saturated rings. The molecular formula is C17H20N4O4. The van der Waals surface area contributed by atoms with Gasteiger partial charge >= 0.3 is 0 Å². The number of aryl methyl sites for hydroxylation is 2. The van der Waals surface area contributed by atoms with Crippen molar-refractivity contribution in [2.24, 2.45) is 7.05 Å². The Morgan fingerprint density at radius 1 is 1.32 bits per heavy atom. The molecule has 1 amide bonds. The molecule has 0 saturated carbocycles. The van der Waals surface area contributed by atoms with Crippen molar-refractivity contribution in [3.8, 4) is 0 Å². The first kappa shape index (κ1) is 17.1. The van der Waals surface area contributed by atoms with Gasteiger partial charge in [0.2, 0.25) is 0 Å². The van der Waals surface area contributed by atoms with Crippen LogP contribution >= 0.6 is 0 Å². The Morgan fingerprint density at radius 3 is 2.80 bits per heavy atom. The van der Waals surface area contributed by atoms with Crippen LogP contribution in [0.25, 0.3) is 0 Å². The van der Waals surface area contributed by atoms with Crippen molar-refractivity contribution >= 4 is 5.91 Å². The molecule has 0 unspecified atom stereocenters. The Balaban J connectivity index is 1.86. The van der Waals surface area contributed by atoms with Crippen LogP contribution in [0, 0.1) is 13.8 Å². The predicted molar refractivity (Wildman–Crippen MR) is 90.6 cm³/mol. The van der Waals surface area contributed by atoms with E-state index in [0.717, 1.165) is 5.69 Å². The van der Waals surface area contributed by atoms with Crippen LogP contribution in [0.4, 0.5) is 0 Å². The Labute approximate surface area is 144 Å². The smallest absolute Gasteiger partial charge is 0.263 e. The highest BCUT2D eigenvalue weighted by Crippen LogP contribution is 2.19. The van der Waals surface area contributed by atoms with E-state index in [0.29, 0.717) is 24.7 Å². The lowest BCUT2D eigenvalue weighted by atomic mass is 10.2. The Morgan fingerprint density at radius 2 is 2.08 bits per heavy atom. The van der Waals surface area contributed by atoms with Gasteiger partial charge in [-0.2, -0.15) is 0 Å². The SMILES string of the molecule is Cc1cc(=O)[nH]c([C@@H]2CN(C(=O)c3ccc(C)n(C)c3=O)CCO2)n1. The van der Waals surface area contributed by atoms with Crippen molar-refractivity contribution < 1.29 is 9.53 Å². The van der Waals surface area contributed by atoms with Crippen molar-refractivity contribution in [2.45, 2.75) is 20.0 Å². The molecule has 1 aliphatic heterocycles. The number of hydrogen-bond donors (Lipinski definition) is 1. The maximum Gasteiger partial charge on any atom is 0.263 e. The molecule has 2 aromatic heterocycles. The van der Waals surface area contributed by atoms with E-state index in [1.165, 1.54) is 10.6 Å². The monoisotopic (exact) mass is 344 g/mol. The van der Waals surface area contributed by atoms with Crippen molar-refractivity contribution in [3.63, 3.8) is 0 Å². The van der Waals surface area contributed by atoms with E-state index in [4.69, 9.17) is 4.74 Å². The van der Waals surface area contributed by atoms with E-state index >= 15 is 0 Å². The van der Waals surface area contributed by atoms with E-state index in [9.17, 15) is 14.4 Å². The molecule has 2 aromatic rings. The standard InChI is InChI=1S/C17H20N4O4/c1-10-8-14(22)19-15(18-10)13-9-21(6-7-25-13)17(24)12-5-4-11(2)20(3)16(12)23/h4-5,8,13H,6-7,9H2,1-3H3,(H,18,19,22)/t13-/m0/s1. The fourth-order valence-electron chi connectivity index (χ4n) is 2.81. The summed E-state index contributed by atoms with van der Waals surface area (Å²) in [7, 11) is 1.64. The molecule has 0 aliphatic carbocycles. The summed E-state index contributed by atoms with van der Waals surface area (Å²) < 4.78 is 7.10. The third-order valence-electron chi connectivity index (χ3n) is 4.33. The molecule has 0 radical (unpaired) electrons. The van der Waals surface area contributed by atoms with Gasteiger partial charge in [-0.15, -0.1) is 0 Å². The fourth-order valence-corrected chi connectivity index (χ4v) is 2.81. The highest BCUT2D eigenvalue weighted by Gasteiger charge is 2.29. The van der Waals surface area contributed by atoms with E-state index < -0.39 is 6.10 Å². The molecule has 25 heavy (non-hydrogen) atoms. The highest BCUT2D eigenvalue weighted by atomic mass is 16.5. The number of nitrogens with one attached hydrogen (secondary N) is 1. The minimum absolute atomic E-state index is 0.124. The molecule has 1 aliphatic rings. The van der Waals surface area contributed by atoms with Gasteiger partial charge in [0, 0.05) is 31.0 Å². The molecule has 3 rings (SSSR count). The van der Waals surface area contributed by atoms with E-state index in [-0.39, 0.29) is 29.1 Å². The summed E-state index contributed by atoms with van der Waals surface area (Å²) in [6, 6.07) is 4.69. The first-order valence-electron chi connectivity index (χ1n) is 8.02. The summed E-state index contributed by atoms with van der Waals surface area (Å²) in [5.74, 6) is 0.0446. The first-order chi connectivity index (χ1) is 11.9. The van der Waals surface area contributed by atoms with Gasteiger partial charge in [-0.25, -0.2) is 4.98 Å². The van der Waals surface area contributed by atoms with Crippen molar-refractivity contribution in [1.82, 2.24) is 19.4 Å². The average molecular weight is 344 g/mol. The van der Waals surface area contributed by atoms with Gasteiger partial charge < -0.3 is 19.2 Å². The predicted octanol–water partition coefficient (Wildman–Crippen LogP) is 0.299. The van der Waals surface area contributed by atoms with Gasteiger partial charge in [0.15, 0.2) is 0 Å². The lowest BCUT2D eigenvalue weighted by molar-refractivity contribution is -0.0270. The summed E-state index contributed by atoms with van der Waals surface area (Å²) in [6.07, 6.45) is -0.528. The Hall–Kier alpha value is -2.74. The zero-order valence-corrected chi connectivity index (χ0v) is 14.4. The number of H-pyrrole nitrogens is 1. The molecule has 1 atom stereocenters. The summed E-state index contributed by atoms with van der Waals surface area (Å²) in [5, 5.41) is 0. The second kappa shape index (κ2) is 6.64. The second-order valence-corrected chi connectivity index (χ2v) is 6.14. The minimum Gasteiger partial charge on any atom is -0.367 e. The number of aromatic nitrogens is 3. The number of nitrogens with zero attached hydrogens (tertiary/aromatic N) is 3. The summed E-state index contributed by atoms with van der Waals surface area (Å²) in [6.45, 7) is 4.44. The van der Waals surface area contributed by atoms with Crippen molar-refractivity contribution in [2.75, 3.05) is 19.7 Å². The van der Waals surface area contributed by atoms with Gasteiger partial charge in [-0.1, -0.05) is 0 Å². The first-order valence-corrected chi connectivity index (χ1v) is 8.02. The number of carbonyl (C=O) groups excluding carboxylic acids is 1. The summed E-state index contributed by atoms with van der Waals surface area (Å²) in [5.41, 5.74) is 0.901. The summed E-state index contributed by atoms with van der Waals surface area (Å²) in [4.78, 5) is 45.2. The maximum absolute atomic E-state index is 12.8. The van der Waals surface area contributed by atoms with Gasteiger partial charge in [-0.3, -0.25) is 14.4 Å². The zero-order chi connectivity index (χ0) is 18.1. The van der Waals surface area contributed by atoms with Crippen LogP contribution in [-0.4, -0.2) is 45.0 Å². The molecule has 3 heterocycles. The molecule has 1 saturated heterocycles. The summed E-state index contributed by atoms with van der Waals surface area (Å²) >= 11 is 0. The van der Waals surface area contributed by atoms with Crippen LogP contribution in [0.2, 0.25) is 0 Å². The second-order valence-electron chi connectivity index (χ2n) is 6.14. The highest BCUT2D eigenvalue weighted by molar-refractivity contribution is 5.94. The molecule has 0 spiro atoms. The van der Waals surface area contributed by atoms with Gasteiger partial charge in [0.05, 0.1) is 13.2 Å². The van der Waals surface area contributed by atoms with Gasteiger partial charge in [-0.05, 0) is 26.0 Å². The third-order valence-corrected chi connectivity index (χ3v) is 4.33. The number of carbonyl (C=O) groups is 1. The lowest BCUT2D eigenvalue weighted by Crippen LogP contribution is -2.45. The third kappa shape index (κ3) is 3.39. The number of morpholine rings is 1. The number of pyridine rings is 1. The van der Waals surface area contributed by atoms with Crippen LogP contribution in [-0.2, 0) is 11.8 Å². The maximum atomic E-state index is 12.8. The van der Waals surface area contributed by atoms with Crippen molar-refractivity contribution in [3.05, 3.63) is 61.7 Å². The molecule has 8 heteroatoms. The van der Waals surface area contributed by atoms with Crippen LogP contribution in [0.1, 0.15) is 33.7 Å². The van der Waals surface area contributed by atoms with E-state index in [2.05, 4.69) is 9.97 Å². The molecule has 132 valence electrons. The normalized spacial score (nSPS) is 17.6. The average Bonchev–Trinajstić information content (AvgIpc) is 2.58. The van der Waals surface area contributed by atoms with Crippen LogP contribution in [0.3, 0.4) is 0 Å². The van der Waals surface area contributed by atoms with Gasteiger partial charge in [0.1, 0.15) is 17.5 Å². The minimum atomic E-state index is -0.528. The Kier molecular flexibility index (Phi) is 4.54. The van der Waals surface area contributed by atoms with E-state index in [1.807, 2.05) is 0 Å². The number of aromatic amines is 1. The molecular weight excluding hydrogens is 324 g/mol. The number of ether oxygens (including phenoxy) is 1. The lowest BCUT2D eigenvalue weighted by Gasteiger charge is -2.32. The fraction of sp³-hybridized carbons (Fsp3) is 0.412. The quantitative estimate of drug-likeness (QED) is 0.845. The number of rotatable bonds is 2. The topological polar surface area (TPSA) is 97.3 Å². The zero-order valence-electron chi connectivity index (χ0n) is 14.4. The van der Waals surface area contributed by atoms with E-state index in [1.54, 1.807) is 37.9 Å². The van der Waals surface area contributed by atoms with Gasteiger partial charge in [0.25, 0.3) is 17.0 Å². The number of amides is 1. The van der Waals surface area contributed by atoms with Crippen molar-refractivity contribution in [1.29, 1.82) is 0 Å². The van der Waals surface area contributed by atoms with Crippen LogP contribution < -0.4 is 11.1 Å². The largest absolute Gasteiger partial charge is 0.367 e. The Bertz CT molecular complexity index is 931. The molecule has 0 aromatic carbocycles. The number of hydrogen-bond acceptors (Lipinski definition) is 5. The van der Waals surface area contributed by atoms with Crippen LogP contribution in [0.5, 0.6) is 0 Å². The molecule has 8 nitrogen and oxygen atoms in total. The van der Waals surface area contributed by atoms with Crippen LogP contribution in [0.15, 0.2) is 27.8 Å². The molecule has 0 bridgehead atoms.